The number of benzene rings is 2. The Morgan fingerprint density at radius 3 is 2.44 bits per heavy atom. The average molecular weight is 465 g/mol. The van der Waals surface area contributed by atoms with Crippen LogP contribution in [0.4, 0.5) is 0 Å². The number of carbonyl (C=O) groups excluding carboxylic acids is 1. The lowest BCUT2D eigenvalue weighted by Gasteiger charge is -2.19. The van der Waals surface area contributed by atoms with E-state index in [-0.39, 0.29) is 21.1 Å². The van der Waals surface area contributed by atoms with Crippen LogP contribution >= 0.6 is 11.3 Å². The molecule has 4 rings (SSSR count). The molecule has 0 radical (unpaired) electrons. The largest absolute Gasteiger partial charge is 0.347 e. The van der Waals surface area contributed by atoms with Gasteiger partial charge in [0.1, 0.15) is 0 Å². The van der Waals surface area contributed by atoms with Gasteiger partial charge in [-0.2, -0.15) is 0 Å². The Morgan fingerprint density at radius 2 is 1.75 bits per heavy atom. The molecule has 0 spiro atoms. The third-order valence-corrected chi connectivity index (χ3v) is 8.10. The van der Waals surface area contributed by atoms with E-state index in [9.17, 15) is 13.2 Å². The van der Waals surface area contributed by atoms with Gasteiger partial charge in [0, 0.05) is 18.9 Å². The third kappa shape index (κ3) is 4.59. The van der Waals surface area contributed by atoms with Gasteiger partial charge < -0.3 is 5.32 Å². The molecule has 0 fully saturated rings. The number of pyridine rings is 1. The number of aromatic nitrogens is 1. The molecule has 4 aromatic rings. The Morgan fingerprint density at radius 1 is 1.00 bits per heavy atom. The predicted octanol–water partition coefficient (Wildman–Crippen LogP) is 5.36. The van der Waals surface area contributed by atoms with Crippen LogP contribution in [0.3, 0.4) is 0 Å². The van der Waals surface area contributed by atoms with E-state index >= 15 is 0 Å². The van der Waals surface area contributed by atoms with Crippen molar-refractivity contribution in [3.8, 4) is 0 Å². The first-order valence-electron chi connectivity index (χ1n) is 10.2. The Labute approximate surface area is 192 Å². The summed E-state index contributed by atoms with van der Waals surface area (Å²) >= 11 is 1.39. The minimum absolute atomic E-state index is 0.140. The second kappa shape index (κ2) is 8.48. The molecule has 32 heavy (non-hydrogen) atoms. The lowest BCUT2D eigenvalue weighted by Crippen LogP contribution is -2.21. The van der Waals surface area contributed by atoms with Crippen LogP contribution in [0.25, 0.3) is 10.1 Å². The van der Waals surface area contributed by atoms with Crippen molar-refractivity contribution in [2.24, 2.45) is 0 Å². The van der Waals surface area contributed by atoms with Crippen LogP contribution in [0, 0.1) is 0 Å². The first-order chi connectivity index (χ1) is 15.1. The summed E-state index contributed by atoms with van der Waals surface area (Å²) in [5.74, 6) is -0.165. The van der Waals surface area contributed by atoms with Gasteiger partial charge in [0.2, 0.25) is 9.84 Å². The lowest BCUT2D eigenvalue weighted by molar-refractivity contribution is 0.0955. The standard InChI is InChI=1S/C25H24N2O3S2/c1-25(2,3)19-5-4-6-21(14-19)32(29,30)20-9-7-17(8-10-20)15-27-24(28)22-13-18-11-12-26-16-23(18)31-22/h4-14,16H,15H2,1-3H3,(H,27,28). The molecule has 1 amide bonds. The monoisotopic (exact) mass is 464 g/mol. The zero-order chi connectivity index (χ0) is 22.9. The van der Waals surface area contributed by atoms with Crippen molar-refractivity contribution in [2.75, 3.05) is 0 Å². The SMILES string of the molecule is CC(C)(C)c1cccc(S(=O)(=O)c2ccc(CNC(=O)c3cc4ccncc4s3)cc2)c1. The summed E-state index contributed by atoms with van der Waals surface area (Å²) in [6.45, 7) is 6.47. The van der Waals surface area contributed by atoms with Crippen LogP contribution in [-0.2, 0) is 21.8 Å². The lowest BCUT2D eigenvalue weighted by atomic mass is 9.87. The van der Waals surface area contributed by atoms with Gasteiger partial charge in [0.05, 0.1) is 19.4 Å². The van der Waals surface area contributed by atoms with E-state index in [2.05, 4.69) is 31.1 Å². The average Bonchev–Trinajstić information content (AvgIpc) is 3.22. The number of fused-ring (bicyclic) bond motifs is 1. The van der Waals surface area contributed by atoms with Crippen molar-refractivity contribution in [2.45, 2.75) is 42.5 Å². The summed E-state index contributed by atoms with van der Waals surface area (Å²) in [5, 5.41) is 3.88. The van der Waals surface area contributed by atoms with Gasteiger partial charge in [0.15, 0.2) is 0 Å². The molecule has 2 aromatic carbocycles. The van der Waals surface area contributed by atoms with Crippen LogP contribution in [0.2, 0.25) is 0 Å². The van der Waals surface area contributed by atoms with Gasteiger partial charge in [-0.15, -0.1) is 11.3 Å². The summed E-state index contributed by atoms with van der Waals surface area (Å²) in [6.07, 6.45) is 3.44. The topological polar surface area (TPSA) is 76.1 Å². The molecule has 1 N–H and O–H groups in total. The normalized spacial score (nSPS) is 12.1. The third-order valence-electron chi connectivity index (χ3n) is 5.24. The van der Waals surface area contributed by atoms with E-state index in [0.717, 1.165) is 21.2 Å². The number of sulfone groups is 1. The molecule has 0 saturated heterocycles. The van der Waals surface area contributed by atoms with E-state index in [0.29, 0.717) is 11.4 Å². The smallest absolute Gasteiger partial charge is 0.261 e. The summed E-state index contributed by atoms with van der Waals surface area (Å²) in [7, 11) is -3.62. The highest BCUT2D eigenvalue weighted by Gasteiger charge is 2.21. The van der Waals surface area contributed by atoms with Crippen LogP contribution in [0.5, 0.6) is 0 Å². The van der Waals surface area contributed by atoms with E-state index in [1.54, 1.807) is 54.9 Å². The fourth-order valence-corrected chi connectivity index (χ4v) is 5.57. The van der Waals surface area contributed by atoms with Crippen LogP contribution in [0.15, 0.2) is 82.8 Å². The van der Waals surface area contributed by atoms with E-state index in [1.807, 2.05) is 18.2 Å². The van der Waals surface area contributed by atoms with E-state index in [1.165, 1.54) is 11.3 Å². The number of hydrogen-bond acceptors (Lipinski definition) is 5. The minimum Gasteiger partial charge on any atom is -0.347 e. The highest BCUT2D eigenvalue weighted by atomic mass is 32.2. The molecule has 164 valence electrons. The van der Waals surface area contributed by atoms with Crippen molar-refractivity contribution in [1.82, 2.24) is 10.3 Å². The molecule has 2 heterocycles. The van der Waals surface area contributed by atoms with Gasteiger partial charge in [-0.3, -0.25) is 9.78 Å². The van der Waals surface area contributed by atoms with Crippen molar-refractivity contribution in [3.05, 3.63) is 89.1 Å². The number of carbonyl (C=O) groups is 1. The summed E-state index contributed by atoms with van der Waals surface area (Å²) in [4.78, 5) is 17.7. The van der Waals surface area contributed by atoms with Gasteiger partial charge >= 0.3 is 0 Å². The number of nitrogens with one attached hydrogen (secondary N) is 1. The molecule has 7 heteroatoms. The molecular weight excluding hydrogens is 440 g/mol. The first kappa shape index (κ1) is 22.2. The molecule has 0 atom stereocenters. The van der Waals surface area contributed by atoms with Crippen LogP contribution < -0.4 is 5.32 Å². The highest BCUT2D eigenvalue weighted by molar-refractivity contribution is 7.91. The van der Waals surface area contributed by atoms with Gasteiger partial charge in [-0.1, -0.05) is 45.0 Å². The van der Waals surface area contributed by atoms with Crippen LogP contribution in [0.1, 0.15) is 41.6 Å². The predicted molar refractivity (Wildman–Crippen MR) is 128 cm³/mol. The Kier molecular flexibility index (Phi) is 5.88. The zero-order valence-electron chi connectivity index (χ0n) is 18.1. The van der Waals surface area contributed by atoms with E-state index in [4.69, 9.17) is 0 Å². The number of rotatable bonds is 5. The summed E-state index contributed by atoms with van der Waals surface area (Å²) < 4.78 is 27.1. The fraction of sp³-hybridized carbons (Fsp3) is 0.200. The maximum Gasteiger partial charge on any atom is 0.261 e. The number of hydrogen-bond donors (Lipinski definition) is 1. The van der Waals surface area contributed by atoms with Crippen molar-refractivity contribution in [1.29, 1.82) is 0 Å². The molecule has 0 aliphatic rings. The zero-order valence-corrected chi connectivity index (χ0v) is 19.8. The van der Waals surface area contributed by atoms with Gasteiger partial charge in [0.25, 0.3) is 5.91 Å². The molecular formula is C25H24N2O3S2. The maximum absolute atomic E-state index is 13.1. The molecule has 0 saturated carbocycles. The maximum atomic E-state index is 13.1. The molecule has 0 unspecified atom stereocenters. The Hall–Kier alpha value is -3.03. The number of thiophene rings is 1. The Bertz CT molecular complexity index is 1350. The van der Waals surface area contributed by atoms with Crippen molar-refractivity contribution in [3.63, 3.8) is 0 Å². The van der Waals surface area contributed by atoms with E-state index < -0.39 is 9.84 Å². The molecule has 2 aromatic heterocycles. The highest BCUT2D eigenvalue weighted by Crippen LogP contribution is 2.28. The van der Waals surface area contributed by atoms with Crippen molar-refractivity contribution < 1.29 is 13.2 Å². The Balaban J connectivity index is 1.47. The number of nitrogens with zero attached hydrogens (tertiary/aromatic N) is 1. The van der Waals surface area contributed by atoms with Crippen LogP contribution in [-0.4, -0.2) is 19.3 Å². The van der Waals surface area contributed by atoms with Crippen molar-refractivity contribution >= 4 is 37.2 Å². The second-order valence-corrected chi connectivity index (χ2v) is 11.7. The van der Waals surface area contributed by atoms with Gasteiger partial charge in [-0.05, 0) is 58.3 Å². The molecule has 0 bridgehead atoms. The summed E-state index contributed by atoms with van der Waals surface area (Å²) in [6, 6.07) is 17.4. The molecule has 0 aliphatic carbocycles. The second-order valence-electron chi connectivity index (χ2n) is 8.63. The quantitative estimate of drug-likeness (QED) is 0.432. The molecule has 5 nitrogen and oxygen atoms in total. The minimum atomic E-state index is -3.62. The van der Waals surface area contributed by atoms with Gasteiger partial charge in [-0.25, -0.2) is 8.42 Å². The number of amides is 1. The summed E-state index contributed by atoms with van der Waals surface area (Å²) in [5.41, 5.74) is 1.65. The molecule has 0 aliphatic heterocycles. The first-order valence-corrected chi connectivity index (χ1v) is 12.5. The fourth-order valence-electron chi connectivity index (χ4n) is 3.32.